The predicted octanol–water partition coefficient (Wildman–Crippen LogP) is 4.19. The van der Waals surface area contributed by atoms with Gasteiger partial charge in [-0.25, -0.2) is 9.59 Å². The Balaban J connectivity index is 1.12. The molecule has 7 rings (SSSR count). The van der Waals surface area contributed by atoms with Crippen molar-refractivity contribution in [1.82, 2.24) is 20.4 Å². The molecule has 4 aromatic rings. The van der Waals surface area contributed by atoms with Crippen molar-refractivity contribution in [2.24, 2.45) is 0 Å². The van der Waals surface area contributed by atoms with Crippen LogP contribution in [0.25, 0.3) is 11.1 Å². The highest BCUT2D eigenvalue weighted by Crippen LogP contribution is 2.56. The summed E-state index contributed by atoms with van der Waals surface area (Å²) in [6.45, 7) is 5.85. The third-order valence-electron chi connectivity index (χ3n) is 10.1. The normalized spacial score (nSPS) is 19.0. The Bertz CT molecular complexity index is 1930. The van der Waals surface area contributed by atoms with E-state index in [0.717, 1.165) is 43.2 Å². The first-order valence-electron chi connectivity index (χ1n) is 17.5. The van der Waals surface area contributed by atoms with Crippen molar-refractivity contribution in [3.05, 3.63) is 119 Å². The summed E-state index contributed by atoms with van der Waals surface area (Å²) in [5.74, 6) is 0.221. The molecule has 2 atom stereocenters. The number of ether oxygens (including phenoxy) is 2. The molecule has 53 heavy (non-hydrogen) atoms. The van der Waals surface area contributed by atoms with E-state index in [2.05, 4.69) is 34.9 Å². The van der Waals surface area contributed by atoms with E-state index >= 15 is 0 Å². The minimum atomic E-state index is -1.09. The van der Waals surface area contributed by atoms with Gasteiger partial charge in [0.05, 0.1) is 18.5 Å². The number of carbonyl (C=O) groups excluding carboxylic acids is 4. The fourth-order valence-electron chi connectivity index (χ4n) is 7.51. The number of aliphatic hydroxyl groups is 2. The Morgan fingerprint density at radius 3 is 1.26 bits per heavy atom. The molecule has 0 aromatic heterocycles. The van der Waals surface area contributed by atoms with E-state index in [0.29, 0.717) is 11.5 Å². The number of β-amino-alcohol motifs (C(OH)–C–C–N with tert-alkyl or cyclic N) is 2. The van der Waals surface area contributed by atoms with Crippen molar-refractivity contribution in [2.45, 2.75) is 56.4 Å². The zero-order valence-corrected chi connectivity index (χ0v) is 30.0. The largest absolute Gasteiger partial charge is 0.491 e. The second kappa shape index (κ2) is 13.4. The quantitative estimate of drug-likeness (QED) is 0.140. The number of nitrogens with zero attached hydrogens (tertiary/aromatic N) is 2. The molecule has 0 saturated carbocycles. The van der Waals surface area contributed by atoms with E-state index in [9.17, 15) is 29.4 Å². The lowest BCUT2D eigenvalue weighted by atomic mass is 9.68. The van der Waals surface area contributed by atoms with Crippen LogP contribution in [0.4, 0.5) is 9.59 Å². The third kappa shape index (κ3) is 6.27. The number of imide groups is 2. The van der Waals surface area contributed by atoms with E-state index in [1.807, 2.05) is 72.8 Å². The van der Waals surface area contributed by atoms with Crippen LogP contribution in [-0.2, 0) is 15.0 Å². The number of amides is 6. The van der Waals surface area contributed by atoms with Crippen molar-refractivity contribution in [2.75, 3.05) is 26.3 Å². The molecule has 1 aliphatic carbocycles. The number of aliphatic hydroxyl groups excluding tert-OH is 2. The highest BCUT2D eigenvalue weighted by molar-refractivity contribution is 6.07. The highest BCUT2D eigenvalue weighted by Gasteiger charge is 2.47. The SMILES string of the molecule is CC1(C)NC(=O)N(C[C@H](O)COc2ccc(C3(c4ccc(OC[C@@H](O)CN5C(=O)NC(C)(C)C5=O)cc4)c4ccccc4-c4ccccc43)cc2)C1=O. The summed E-state index contributed by atoms with van der Waals surface area (Å²) >= 11 is 0. The van der Waals surface area contributed by atoms with E-state index in [1.54, 1.807) is 27.7 Å². The highest BCUT2D eigenvalue weighted by atomic mass is 16.5. The molecule has 0 spiro atoms. The maximum atomic E-state index is 12.6. The van der Waals surface area contributed by atoms with Gasteiger partial charge in [-0.3, -0.25) is 19.4 Å². The molecular weight excluding hydrogens is 676 g/mol. The summed E-state index contributed by atoms with van der Waals surface area (Å²) in [5, 5.41) is 26.5. The number of carbonyl (C=O) groups is 4. The Kier molecular flexibility index (Phi) is 8.99. The number of hydrogen-bond donors (Lipinski definition) is 4. The van der Waals surface area contributed by atoms with Crippen LogP contribution in [0.2, 0.25) is 0 Å². The smallest absolute Gasteiger partial charge is 0.325 e. The molecule has 6 amide bonds. The average Bonchev–Trinajstić information content (AvgIpc) is 3.62. The fourth-order valence-corrected chi connectivity index (χ4v) is 7.51. The molecule has 2 heterocycles. The zero-order valence-electron chi connectivity index (χ0n) is 30.0. The van der Waals surface area contributed by atoms with Crippen molar-refractivity contribution in [3.63, 3.8) is 0 Å². The first-order valence-corrected chi connectivity index (χ1v) is 17.5. The molecule has 4 N–H and O–H groups in total. The summed E-state index contributed by atoms with van der Waals surface area (Å²) in [5.41, 5.74) is 3.62. The lowest BCUT2D eigenvalue weighted by molar-refractivity contribution is -0.132. The van der Waals surface area contributed by atoms with Gasteiger partial charge in [-0.2, -0.15) is 0 Å². The van der Waals surface area contributed by atoms with E-state index in [-0.39, 0.29) is 26.3 Å². The van der Waals surface area contributed by atoms with Crippen LogP contribution in [0.15, 0.2) is 97.1 Å². The maximum Gasteiger partial charge on any atom is 0.325 e. The maximum absolute atomic E-state index is 12.6. The number of benzene rings is 4. The number of fused-ring (bicyclic) bond motifs is 3. The molecule has 3 aliphatic rings. The zero-order chi connectivity index (χ0) is 37.7. The van der Waals surface area contributed by atoms with Crippen LogP contribution in [0.1, 0.15) is 49.9 Å². The monoisotopic (exact) mass is 718 g/mol. The number of hydrogen-bond acceptors (Lipinski definition) is 8. The summed E-state index contributed by atoms with van der Waals surface area (Å²) in [6.07, 6.45) is -2.18. The second-order valence-corrected chi connectivity index (χ2v) is 14.8. The molecule has 274 valence electrons. The molecule has 12 heteroatoms. The van der Waals surface area contributed by atoms with Gasteiger partial charge in [0.15, 0.2) is 0 Å². The van der Waals surface area contributed by atoms with Gasteiger partial charge in [-0.1, -0.05) is 72.8 Å². The van der Waals surface area contributed by atoms with E-state index in [4.69, 9.17) is 9.47 Å². The predicted molar refractivity (Wildman–Crippen MR) is 195 cm³/mol. The summed E-state index contributed by atoms with van der Waals surface area (Å²) in [6, 6.07) is 30.9. The molecule has 0 unspecified atom stereocenters. The molecule has 12 nitrogen and oxygen atoms in total. The Hall–Kier alpha value is -5.72. The van der Waals surface area contributed by atoms with Crippen LogP contribution in [0, 0.1) is 0 Å². The van der Waals surface area contributed by atoms with Gasteiger partial charge in [0.25, 0.3) is 11.8 Å². The standard InChI is InChI=1S/C41H42N4O8/c1-39(2)35(48)44(37(50)42-39)21-27(46)23-52-29-17-13-25(14-18-29)41(33-11-7-5-9-31(33)32-10-6-8-12-34(32)41)26-15-19-30(20-16-26)53-24-28(47)22-45-36(49)40(3,4)43-38(45)51/h5-20,27-28,46-47H,21-24H2,1-4H3,(H,42,50)(H,43,51)/t27-,28-/m0/s1. The van der Waals surface area contributed by atoms with Crippen molar-refractivity contribution in [1.29, 1.82) is 0 Å². The molecule has 0 bridgehead atoms. The third-order valence-corrected chi connectivity index (χ3v) is 10.1. The summed E-state index contributed by atoms with van der Waals surface area (Å²) < 4.78 is 11.8. The molecular formula is C41H42N4O8. The Labute approximate surface area is 307 Å². The number of nitrogens with one attached hydrogen (secondary N) is 2. The van der Waals surface area contributed by atoms with Gasteiger partial charge >= 0.3 is 12.1 Å². The average molecular weight is 719 g/mol. The Morgan fingerprint density at radius 2 is 0.925 bits per heavy atom. The van der Waals surface area contributed by atoms with Crippen LogP contribution < -0.4 is 20.1 Å². The van der Waals surface area contributed by atoms with Gasteiger partial charge in [0.1, 0.15) is 48.0 Å². The van der Waals surface area contributed by atoms with Gasteiger partial charge in [-0.05, 0) is 85.3 Å². The minimum absolute atomic E-state index is 0.122. The summed E-state index contributed by atoms with van der Waals surface area (Å²) in [7, 11) is 0. The molecule has 2 aliphatic heterocycles. The lowest BCUT2D eigenvalue weighted by Gasteiger charge is -2.34. The van der Waals surface area contributed by atoms with Gasteiger partial charge in [0.2, 0.25) is 0 Å². The minimum Gasteiger partial charge on any atom is -0.491 e. The van der Waals surface area contributed by atoms with Gasteiger partial charge in [-0.15, -0.1) is 0 Å². The van der Waals surface area contributed by atoms with E-state index < -0.39 is 52.6 Å². The summed E-state index contributed by atoms with van der Waals surface area (Å²) in [4.78, 5) is 51.7. The molecule has 4 aromatic carbocycles. The first-order chi connectivity index (χ1) is 25.2. The molecule has 2 saturated heterocycles. The van der Waals surface area contributed by atoms with Crippen molar-refractivity contribution < 1.29 is 38.9 Å². The van der Waals surface area contributed by atoms with Crippen LogP contribution in [-0.4, -0.2) is 93.5 Å². The van der Waals surface area contributed by atoms with Gasteiger partial charge in [0, 0.05) is 0 Å². The van der Waals surface area contributed by atoms with Crippen LogP contribution >= 0.6 is 0 Å². The first kappa shape index (κ1) is 35.7. The topological polar surface area (TPSA) is 158 Å². The van der Waals surface area contributed by atoms with Crippen LogP contribution in [0.3, 0.4) is 0 Å². The lowest BCUT2D eigenvalue weighted by Crippen LogP contribution is -2.42. The number of urea groups is 2. The van der Waals surface area contributed by atoms with Crippen molar-refractivity contribution >= 4 is 23.9 Å². The molecule has 0 radical (unpaired) electrons. The Morgan fingerprint density at radius 1 is 0.566 bits per heavy atom. The molecule has 2 fully saturated rings. The second-order valence-electron chi connectivity index (χ2n) is 14.8. The van der Waals surface area contributed by atoms with Crippen LogP contribution in [0.5, 0.6) is 11.5 Å². The van der Waals surface area contributed by atoms with Crippen molar-refractivity contribution in [3.8, 4) is 22.6 Å². The van der Waals surface area contributed by atoms with E-state index in [1.165, 1.54) is 0 Å². The van der Waals surface area contributed by atoms with Gasteiger partial charge < -0.3 is 30.3 Å². The fraction of sp³-hybridized carbons (Fsp3) is 0.317. The number of rotatable bonds is 12.